The van der Waals surface area contributed by atoms with E-state index >= 15 is 0 Å². The summed E-state index contributed by atoms with van der Waals surface area (Å²) in [5.41, 5.74) is 5.37. The third-order valence-corrected chi connectivity index (χ3v) is 2.62. The van der Waals surface area contributed by atoms with Gasteiger partial charge in [0, 0.05) is 6.42 Å². The average Bonchev–Trinajstić information content (AvgIpc) is 2.34. The van der Waals surface area contributed by atoms with Crippen molar-refractivity contribution < 1.29 is 14.3 Å². The Bertz CT molecular complexity index is 207. The van der Waals surface area contributed by atoms with Crippen molar-refractivity contribution in [1.29, 1.82) is 0 Å². The molecule has 1 unspecified atom stereocenters. The van der Waals surface area contributed by atoms with Crippen molar-refractivity contribution in [3.8, 4) is 0 Å². The van der Waals surface area contributed by atoms with E-state index in [-0.39, 0.29) is 12.4 Å². The van der Waals surface area contributed by atoms with Crippen LogP contribution >= 0.6 is 0 Å². The fraction of sp³-hybridized carbons (Fsp3) is 0.846. The molecule has 0 saturated heterocycles. The van der Waals surface area contributed by atoms with Gasteiger partial charge in [0.25, 0.3) is 0 Å². The summed E-state index contributed by atoms with van der Waals surface area (Å²) in [5.74, 6) is -0.254. The Labute approximate surface area is 104 Å². The van der Waals surface area contributed by atoms with Gasteiger partial charge in [-0.25, -0.2) is 0 Å². The van der Waals surface area contributed by atoms with Crippen molar-refractivity contribution in [2.24, 2.45) is 5.73 Å². The molecule has 0 aliphatic rings. The highest BCUT2D eigenvalue weighted by molar-refractivity contribution is 5.70. The Morgan fingerprint density at radius 2 is 1.88 bits per heavy atom. The summed E-state index contributed by atoms with van der Waals surface area (Å²) in [6.07, 6.45) is 8.29. The third-order valence-electron chi connectivity index (χ3n) is 2.62. The first-order valence-corrected chi connectivity index (χ1v) is 6.57. The monoisotopic (exact) mass is 243 g/mol. The van der Waals surface area contributed by atoms with E-state index < -0.39 is 6.04 Å². The molecule has 0 radical (unpaired) electrons. The maximum atomic E-state index is 11.2. The molecule has 0 rings (SSSR count). The van der Waals surface area contributed by atoms with Crippen molar-refractivity contribution in [2.75, 3.05) is 6.61 Å². The highest BCUT2D eigenvalue weighted by atomic mass is 16.5. The van der Waals surface area contributed by atoms with Gasteiger partial charge in [0.05, 0.1) is 12.6 Å². The number of carbonyl (C=O) groups is 2. The summed E-state index contributed by atoms with van der Waals surface area (Å²) in [6, 6.07) is -0.545. The molecule has 0 saturated carbocycles. The molecule has 0 fully saturated rings. The van der Waals surface area contributed by atoms with Crippen LogP contribution in [0.25, 0.3) is 0 Å². The number of hydrogen-bond acceptors (Lipinski definition) is 4. The molecule has 0 spiro atoms. The highest BCUT2D eigenvalue weighted by Crippen LogP contribution is 2.05. The summed E-state index contributed by atoms with van der Waals surface area (Å²) in [6.45, 7) is 2.67. The number of rotatable bonds is 11. The van der Waals surface area contributed by atoms with Gasteiger partial charge in [0.1, 0.15) is 6.29 Å². The second-order valence-electron chi connectivity index (χ2n) is 4.33. The van der Waals surface area contributed by atoms with Gasteiger partial charge in [0.2, 0.25) is 0 Å². The molecule has 4 heteroatoms. The minimum absolute atomic E-state index is 0.232. The van der Waals surface area contributed by atoms with Crippen molar-refractivity contribution in [1.82, 2.24) is 0 Å². The van der Waals surface area contributed by atoms with Crippen LogP contribution in [-0.4, -0.2) is 24.9 Å². The SMILES string of the molecule is CCCCCCCCOC(=O)CCC(N)C=O. The number of ether oxygens (including phenoxy) is 1. The Balaban J connectivity index is 3.24. The Hall–Kier alpha value is -0.900. The van der Waals surface area contributed by atoms with Gasteiger partial charge < -0.3 is 15.3 Å². The highest BCUT2D eigenvalue weighted by Gasteiger charge is 2.06. The summed E-state index contributed by atoms with van der Waals surface area (Å²) < 4.78 is 5.03. The lowest BCUT2D eigenvalue weighted by molar-refractivity contribution is -0.143. The lowest BCUT2D eigenvalue weighted by Gasteiger charge is -2.05. The van der Waals surface area contributed by atoms with Crippen LogP contribution in [-0.2, 0) is 14.3 Å². The second kappa shape index (κ2) is 11.6. The topological polar surface area (TPSA) is 69.4 Å². The number of aldehydes is 1. The fourth-order valence-corrected chi connectivity index (χ4v) is 1.49. The molecule has 0 heterocycles. The molecule has 2 N–H and O–H groups in total. The van der Waals surface area contributed by atoms with Crippen molar-refractivity contribution in [3.63, 3.8) is 0 Å². The molecule has 0 bridgehead atoms. The Kier molecular flexibility index (Phi) is 11.0. The van der Waals surface area contributed by atoms with Crippen LogP contribution in [0.1, 0.15) is 58.3 Å². The van der Waals surface area contributed by atoms with Crippen LogP contribution in [0.2, 0.25) is 0 Å². The number of carbonyl (C=O) groups excluding carboxylic acids is 2. The summed E-state index contributed by atoms with van der Waals surface area (Å²) >= 11 is 0. The van der Waals surface area contributed by atoms with E-state index in [9.17, 15) is 9.59 Å². The average molecular weight is 243 g/mol. The first-order chi connectivity index (χ1) is 8.20. The Morgan fingerprint density at radius 1 is 1.24 bits per heavy atom. The number of esters is 1. The smallest absolute Gasteiger partial charge is 0.305 e. The molecule has 0 amide bonds. The fourth-order valence-electron chi connectivity index (χ4n) is 1.49. The van der Waals surface area contributed by atoms with E-state index in [1.54, 1.807) is 0 Å². The molecular weight excluding hydrogens is 218 g/mol. The largest absolute Gasteiger partial charge is 0.466 e. The van der Waals surface area contributed by atoms with E-state index in [0.29, 0.717) is 19.3 Å². The second-order valence-corrected chi connectivity index (χ2v) is 4.33. The van der Waals surface area contributed by atoms with Crippen molar-refractivity contribution >= 4 is 12.3 Å². The van der Waals surface area contributed by atoms with E-state index in [0.717, 1.165) is 12.8 Å². The molecule has 0 aliphatic heterocycles. The molecule has 4 nitrogen and oxygen atoms in total. The van der Waals surface area contributed by atoms with Crippen LogP contribution in [0, 0.1) is 0 Å². The van der Waals surface area contributed by atoms with E-state index in [1.165, 1.54) is 25.7 Å². The van der Waals surface area contributed by atoms with Crippen LogP contribution in [0.3, 0.4) is 0 Å². The van der Waals surface area contributed by atoms with Gasteiger partial charge >= 0.3 is 5.97 Å². The molecule has 100 valence electrons. The van der Waals surface area contributed by atoms with Gasteiger partial charge in [-0.2, -0.15) is 0 Å². The van der Waals surface area contributed by atoms with Gasteiger partial charge in [-0.15, -0.1) is 0 Å². The quantitative estimate of drug-likeness (QED) is 0.343. The first kappa shape index (κ1) is 16.1. The molecule has 0 aliphatic carbocycles. The van der Waals surface area contributed by atoms with E-state index in [4.69, 9.17) is 10.5 Å². The standard InChI is InChI=1S/C13H25NO3/c1-2-3-4-5-6-7-10-17-13(16)9-8-12(14)11-15/h11-12H,2-10,14H2,1H3. The lowest BCUT2D eigenvalue weighted by Crippen LogP contribution is -2.22. The summed E-state index contributed by atoms with van der Waals surface area (Å²) in [5, 5.41) is 0. The van der Waals surface area contributed by atoms with Gasteiger partial charge in [-0.3, -0.25) is 4.79 Å². The van der Waals surface area contributed by atoms with Gasteiger partial charge in [-0.05, 0) is 12.8 Å². The minimum atomic E-state index is -0.545. The van der Waals surface area contributed by atoms with Crippen molar-refractivity contribution in [2.45, 2.75) is 64.3 Å². The minimum Gasteiger partial charge on any atom is -0.466 e. The third kappa shape index (κ3) is 11.4. The normalized spacial score (nSPS) is 12.1. The number of unbranched alkanes of at least 4 members (excludes halogenated alkanes) is 5. The molecule has 1 atom stereocenters. The molecule has 17 heavy (non-hydrogen) atoms. The summed E-state index contributed by atoms with van der Waals surface area (Å²) in [4.78, 5) is 21.4. The zero-order valence-electron chi connectivity index (χ0n) is 10.8. The predicted octanol–water partition coefficient (Wildman–Crippen LogP) is 2.20. The van der Waals surface area contributed by atoms with Crippen LogP contribution < -0.4 is 5.73 Å². The maximum Gasteiger partial charge on any atom is 0.305 e. The first-order valence-electron chi connectivity index (χ1n) is 6.57. The molecule has 0 aromatic heterocycles. The Morgan fingerprint density at radius 3 is 2.53 bits per heavy atom. The zero-order valence-corrected chi connectivity index (χ0v) is 10.8. The van der Waals surface area contributed by atoms with Crippen molar-refractivity contribution in [3.05, 3.63) is 0 Å². The molecular formula is C13H25NO3. The van der Waals surface area contributed by atoms with Crippen LogP contribution in [0.5, 0.6) is 0 Å². The molecule has 0 aromatic carbocycles. The predicted molar refractivity (Wildman–Crippen MR) is 67.6 cm³/mol. The summed E-state index contributed by atoms with van der Waals surface area (Å²) in [7, 11) is 0. The lowest BCUT2D eigenvalue weighted by atomic mass is 10.1. The van der Waals surface area contributed by atoms with Crippen LogP contribution in [0.4, 0.5) is 0 Å². The number of nitrogens with two attached hydrogens (primary N) is 1. The van der Waals surface area contributed by atoms with E-state index in [2.05, 4.69) is 6.92 Å². The maximum absolute atomic E-state index is 11.2. The zero-order chi connectivity index (χ0) is 12.9. The van der Waals surface area contributed by atoms with Gasteiger partial charge in [-0.1, -0.05) is 39.0 Å². The molecule has 0 aromatic rings. The van der Waals surface area contributed by atoms with E-state index in [1.807, 2.05) is 0 Å². The number of hydrogen-bond donors (Lipinski definition) is 1. The van der Waals surface area contributed by atoms with Crippen LogP contribution in [0.15, 0.2) is 0 Å². The van der Waals surface area contributed by atoms with Gasteiger partial charge in [0.15, 0.2) is 0 Å².